The molecular formula is C28H30N2O2. The average Bonchev–Trinajstić information content (AvgIpc) is 2.83. The van der Waals surface area contributed by atoms with Gasteiger partial charge in [-0.1, -0.05) is 60.7 Å². The Morgan fingerprint density at radius 2 is 1.75 bits per heavy atom. The van der Waals surface area contributed by atoms with Gasteiger partial charge in [0, 0.05) is 36.2 Å². The molecule has 0 radical (unpaired) electrons. The van der Waals surface area contributed by atoms with E-state index in [4.69, 9.17) is 4.99 Å². The van der Waals surface area contributed by atoms with E-state index < -0.39 is 0 Å². The third-order valence-corrected chi connectivity index (χ3v) is 7.03. The molecule has 1 fully saturated rings. The summed E-state index contributed by atoms with van der Waals surface area (Å²) in [5.41, 5.74) is 1.89. The number of hydrogen-bond donors (Lipinski definition) is 3. The number of aromatic hydroxyl groups is 1. The highest BCUT2D eigenvalue weighted by Crippen LogP contribution is 2.33. The first-order valence-corrected chi connectivity index (χ1v) is 11.6. The highest BCUT2D eigenvalue weighted by atomic mass is 16.3. The third kappa shape index (κ3) is 4.28. The number of rotatable bonds is 5. The van der Waals surface area contributed by atoms with Crippen LogP contribution < -0.4 is 5.32 Å². The Hall–Kier alpha value is -3.11. The molecule has 4 nitrogen and oxygen atoms in total. The maximum Gasteiger partial charge on any atom is 0.124 e. The van der Waals surface area contributed by atoms with Crippen LogP contribution in [0.4, 0.5) is 0 Å². The molecule has 0 bridgehead atoms. The van der Waals surface area contributed by atoms with Crippen LogP contribution in [0.3, 0.4) is 0 Å². The lowest BCUT2D eigenvalue weighted by Gasteiger charge is -2.31. The van der Waals surface area contributed by atoms with E-state index in [1.54, 1.807) is 6.07 Å². The molecule has 32 heavy (non-hydrogen) atoms. The van der Waals surface area contributed by atoms with Crippen LogP contribution in [0, 0.1) is 11.8 Å². The van der Waals surface area contributed by atoms with Crippen molar-refractivity contribution in [2.24, 2.45) is 16.8 Å². The van der Waals surface area contributed by atoms with E-state index in [0.29, 0.717) is 17.7 Å². The highest BCUT2D eigenvalue weighted by Gasteiger charge is 2.27. The molecule has 2 aromatic rings. The Bertz CT molecular complexity index is 1130. The van der Waals surface area contributed by atoms with E-state index in [0.717, 1.165) is 54.1 Å². The van der Waals surface area contributed by atoms with Crippen molar-refractivity contribution in [3.8, 4) is 5.75 Å². The van der Waals surface area contributed by atoms with Crippen molar-refractivity contribution < 1.29 is 10.2 Å². The molecule has 3 N–H and O–H groups in total. The number of aliphatic imine (C=N–C) groups is 1. The molecule has 4 heteroatoms. The number of fused-ring (bicyclic) bond motifs is 2. The number of benzene rings is 2. The number of hydrogen-bond acceptors (Lipinski definition) is 4. The van der Waals surface area contributed by atoms with E-state index >= 15 is 0 Å². The quantitative estimate of drug-likeness (QED) is 0.545. The van der Waals surface area contributed by atoms with Gasteiger partial charge < -0.3 is 15.5 Å². The summed E-state index contributed by atoms with van der Waals surface area (Å²) in [7, 11) is 0. The van der Waals surface area contributed by atoms with Gasteiger partial charge in [0.05, 0.1) is 6.04 Å². The smallest absolute Gasteiger partial charge is 0.124 e. The average molecular weight is 427 g/mol. The summed E-state index contributed by atoms with van der Waals surface area (Å²) in [4.78, 5) is 4.83. The summed E-state index contributed by atoms with van der Waals surface area (Å²) in [6, 6.07) is 12.5. The number of allylic oxidation sites excluding steroid dienone is 6. The fourth-order valence-corrected chi connectivity index (χ4v) is 5.13. The van der Waals surface area contributed by atoms with Crippen molar-refractivity contribution in [2.45, 2.75) is 37.8 Å². The maximum atomic E-state index is 10.4. The summed E-state index contributed by atoms with van der Waals surface area (Å²) >= 11 is 0. The van der Waals surface area contributed by atoms with E-state index in [2.05, 4.69) is 41.8 Å². The van der Waals surface area contributed by atoms with Gasteiger partial charge in [-0.05, 0) is 54.2 Å². The van der Waals surface area contributed by atoms with E-state index in [-0.39, 0.29) is 17.7 Å². The molecule has 2 unspecified atom stereocenters. The van der Waals surface area contributed by atoms with E-state index in [1.807, 2.05) is 36.6 Å². The second-order valence-electron chi connectivity index (χ2n) is 9.03. The lowest BCUT2D eigenvalue weighted by Crippen LogP contribution is -2.37. The zero-order valence-corrected chi connectivity index (χ0v) is 18.2. The molecule has 3 aliphatic carbocycles. The second kappa shape index (κ2) is 9.17. The van der Waals surface area contributed by atoms with Crippen LogP contribution in [0.15, 0.2) is 89.2 Å². The van der Waals surface area contributed by atoms with Crippen molar-refractivity contribution in [1.29, 1.82) is 0 Å². The first kappa shape index (κ1) is 20.8. The van der Waals surface area contributed by atoms with Crippen molar-refractivity contribution >= 4 is 17.0 Å². The van der Waals surface area contributed by atoms with Gasteiger partial charge in [-0.15, -0.1) is 0 Å². The van der Waals surface area contributed by atoms with Crippen LogP contribution in [0.5, 0.6) is 5.75 Å². The minimum atomic E-state index is 0.256. The summed E-state index contributed by atoms with van der Waals surface area (Å²) in [5, 5.41) is 26.6. The molecule has 5 rings (SSSR count). The first-order valence-electron chi connectivity index (χ1n) is 11.6. The highest BCUT2D eigenvalue weighted by molar-refractivity contribution is 6.02. The van der Waals surface area contributed by atoms with Crippen LogP contribution in [0.2, 0.25) is 0 Å². The van der Waals surface area contributed by atoms with Gasteiger partial charge in [-0.2, -0.15) is 0 Å². The standard InChI is InChI=1S/C28H30N2O2/c31-27-15-9-19-5-1-3-7-23(19)25(27)17-29-21-11-13-22(14-12-21)30-18-26-24-8-4-2-6-20(24)10-16-28(26)32/h1-10,15-17,20-22,24,30-32H,11-14,18H2. The van der Waals surface area contributed by atoms with Gasteiger partial charge in [0.1, 0.15) is 11.5 Å². The van der Waals surface area contributed by atoms with Gasteiger partial charge in [0.2, 0.25) is 0 Å². The van der Waals surface area contributed by atoms with Gasteiger partial charge in [-0.3, -0.25) is 4.99 Å². The normalized spacial score (nSPS) is 27.4. The minimum Gasteiger partial charge on any atom is -0.508 e. The summed E-state index contributed by atoms with van der Waals surface area (Å²) in [6.45, 7) is 0.720. The van der Waals surface area contributed by atoms with Crippen LogP contribution in [-0.4, -0.2) is 35.1 Å². The molecule has 0 heterocycles. The third-order valence-electron chi connectivity index (χ3n) is 7.03. The minimum absolute atomic E-state index is 0.256. The van der Waals surface area contributed by atoms with Gasteiger partial charge in [0.15, 0.2) is 0 Å². The molecule has 1 saturated carbocycles. The fourth-order valence-electron chi connectivity index (χ4n) is 5.13. The molecule has 164 valence electrons. The number of nitrogens with zero attached hydrogens (tertiary/aromatic N) is 1. The maximum absolute atomic E-state index is 10.4. The summed E-state index contributed by atoms with van der Waals surface area (Å²) in [6.07, 6.45) is 18.5. The topological polar surface area (TPSA) is 64.8 Å². The van der Waals surface area contributed by atoms with Gasteiger partial charge in [-0.25, -0.2) is 0 Å². The Kier molecular flexibility index (Phi) is 5.95. The predicted octanol–water partition coefficient (Wildman–Crippen LogP) is 5.61. The fraction of sp³-hybridized carbons (Fsp3) is 0.321. The van der Waals surface area contributed by atoms with Gasteiger partial charge in [0.25, 0.3) is 0 Å². The monoisotopic (exact) mass is 426 g/mol. The Morgan fingerprint density at radius 3 is 2.62 bits per heavy atom. The molecule has 0 aromatic heterocycles. The largest absolute Gasteiger partial charge is 0.508 e. The van der Waals surface area contributed by atoms with Crippen molar-refractivity contribution in [3.05, 3.63) is 89.8 Å². The van der Waals surface area contributed by atoms with E-state index in [1.165, 1.54) is 0 Å². The number of phenols is 1. The SMILES string of the molecule is OC1=C(CNC2CCC(N=Cc3c(O)ccc4ccccc34)CC2)C2C=CC=CC2C=C1. The summed E-state index contributed by atoms with van der Waals surface area (Å²) in [5.74, 6) is 1.30. The van der Waals surface area contributed by atoms with Crippen molar-refractivity contribution in [3.63, 3.8) is 0 Å². The van der Waals surface area contributed by atoms with Crippen molar-refractivity contribution in [2.75, 3.05) is 6.54 Å². The Labute approximate surface area is 189 Å². The van der Waals surface area contributed by atoms with Gasteiger partial charge >= 0.3 is 0 Å². The lowest BCUT2D eigenvalue weighted by atomic mass is 9.78. The zero-order valence-electron chi connectivity index (χ0n) is 18.2. The second-order valence-corrected chi connectivity index (χ2v) is 9.03. The van der Waals surface area contributed by atoms with Crippen molar-refractivity contribution in [1.82, 2.24) is 5.32 Å². The van der Waals surface area contributed by atoms with Crippen LogP contribution in [-0.2, 0) is 0 Å². The molecule has 0 aliphatic heterocycles. The first-order chi connectivity index (χ1) is 15.7. The summed E-state index contributed by atoms with van der Waals surface area (Å²) < 4.78 is 0. The number of aliphatic hydroxyl groups excluding tert-OH is 1. The number of nitrogens with one attached hydrogen (secondary N) is 1. The van der Waals surface area contributed by atoms with E-state index in [9.17, 15) is 10.2 Å². The molecule has 3 aliphatic rings. The Morgan fingerprint density at radius 1 is 0.938 bits per heavy atom. The van der Waals surface area contributed by atoms with Crippen LogP contribution in [0.1, 0.15) is 31.2 Å². The number of phenolic OH excluding ortho intramolecular Hbond substituents is 1. The number of aliphatic hydroxyl groups is 1. The van der Waals surface area contributed by atoms with Crippen LogP contribution in [0.25, 0.3) is 10.8 Å². The lowest BCUT2D eigenvalue weighted by molar-refractivity contribution is 0.341. The molecule has 2 atom stereocenters. The Balaban J connectivity index is 1.18. The zero-order chi connectivity index (χ0) is 21.9. The molecule has 0 spiro atoms. The molecular weight excluding hydrogens is 396 g/mol. The molecule has 0 amide bonds. The van der Waals surface area contributed by atoms with Crippen LogP contribution >= 0.6 is 0 Å². The molecule has 0 saturated heterocycles. The molecule has 2 aromatic carbocycles. The predicted molar refractivity (Wildman–Crippen MR) is 131 cm³/mol.